The zero-order chi connectivity index (χ0) is 20.8. The first-order valence-corrected chi connectivity index (χ1v) is 9.44. The maximum absolute atomic E-state index is 13.5. The van der Waals surface area contributed by atoms with Gasteiger partial charge in [0.15, 0.2) is 11.3 Å². The van der Waals surface area contributed by atoms with Crippen LogP contribution in [0.1, 0.15) is 21.6 Å². The van der Waals surface area contributed by atoms with Crippen molar-refractivity contribution in [1.29, 1.82) is 0 Å². The summed E-state index contributed by atoms with van der Waals surface area (Å²) in [6, 6.07) is 14.8. The molecule has 4 aromatic rings. The number of amides is 1. The molecule has 7 nitrogen and oxygen atoms in total. The van der Waals surface area contributed by atoms with E-state index in [1.807, 2.05) is 17.0 Å². The molecule has 30 heavy (non-hydrogen) atoms. The topological polar surface area (TPSA) is 74.0 Å². The summed E-state index contributed by atoms with van der Waals surface area (Å²) in [6.07, 6.45) is 1.50. The highest BCUT2D eigenvalue weighted by Crippen LogP contribution is 2.28. The minimum atomic E-state index is -0.274. The van der Waals surface area contributed by atoms with Gasteiger partial charge in [-0.05, 0) is 59.7 Å². The van der Waals surface area contributed by atoms with Gasteiger partial charge in [0.1, 0.15) is 17.4 Å². The summed E-state index contributed by atoms with van der Waals surface area (Å²) in [7, 11) is 1.66. The van der Waals surface area contributed by atoms with E-state index < -0.39 is 0 Å². The molecule has 0 fully saturated rings. The third-order valence-electron chi connectivity index (χ3n) is 5.32. The number of rotatable bonds is 3. The van der Waals surface area contributed by atoms with E-state index in [4.69, 9.17) is 0 Å². The number of benzene rings is 2. The van der Waals surface area contributed by atoms with Crippen LogP contribution in [0.25, 0.3) is 5.65 Å². The molecule has 8 heteroatoms. The van der Waals surface area contributed by atoms with Gasteiger partial charge in [0.05, 0.1) is 6.20 Å². The lowest BCUT2D eigenvalue weighted by Gasteiger charge is -2.18. The molecule has 1 N–H and O–H groups in total. The predicted molar refractivity (Wildman–Crippen MR) is 110 cm³/mol. The van der Waals surface area contributed by atoms with Crippen molar-refractivity contribution in [2.75, 3.05) is 16.8 Å². The molecule has 0 saturated heterocycles. The molecule has 0 atom stereocenters. The van der Waals surface area contributed by atoms with E-state index >= 15 is 0 Å². The molecule has 5 rings (SSSR count). The molecule has 0 unspecified atom stereocenters. The summed E-state index contributed by atoms with van der Waals surface area (Å²) in [6.45, 7) is 1.18. The van der Waals surface area contributed by atoms with Crippen molar-refractivity contribution < 1.29 is 14.3 Å². The Morgan fingerprint density at radius 2 is 1.83 bits per heavy atom. The van der Waals surface area contributed by atoms with Crippen molar-refractivity contribution in [3.05, 3.63) is 83.4 Å². The van der Waals surface area contributed by atoms with Crippen LogP contribution in [0.3, 0.4) is 0 Å². The average Bonchev–Trinajstić information content (AvgIpc) is 3.36. The Labute approximate surface area is 171 Å². The van der Waals surface area contributed by atoms with E-state index in [0.29, 0.717) is 35.9 Å². The van der Waals surface area contributed by atoms with E-state index in [-0.39, 0.29) is 17.5 Å². The third kappa shape index (κ3) is 3.02. The normalized spacial score (nSPS) is 12.9. The summed E-state index contributed by atoms with van der Waals surface area (Å²) in [5.41, 5.74) is 3.52. The molecule has 0 spiro atoms. The zero-order valence-corrected chi connectivity index (χ0v) is 16.2. The minimum Gasteiger partial charge on any atom is -0.508 e. The molecule has 2 aromatic heterocycles. The first-order chi connectivity index (χ1) is 14.5. The molecule has 0 bridgehead atoms. The van der Waals surface area contributed by atoms with Crippen LogP contribution in [-0.4, -0.2) is 32.7 Å². The van der Waals surface area contributed by atoms with Crippen LogP contribution < -0.4 is 9.80 Å². The van der Waals surface area contributed by atoms with Gasteiger partial charge >= 0.3 is 0 Å². The van der Waals surface area contributed by atoms with Crippen molar-refractivity contribution in [3.63, 3.8) is 0 Å². The van der Waals surface area contributed by atoms with E-state index in [9.17, 15) is 14.3 Å². The number of fused-ring (bicyclic) bond motifs is 2. The zero-order valence-electron chi connectivity index (χ0n) is 16.2. The van der Waals surface area contributed by atoms with Crippen LogP contribution in [0.5, 0.6) is 5.75 Å². The monoisotopic (exact) mass is 403 g/mol. The Morgan fingerprint density at radius 1 is 1.07 bits per heavy atom. The third-order valence-corrected chi connectivity index (χ3v) is 5.32. The number of hydrogen-bond donors (Lipinski definition) is 1. The molecular formula is C22H18FN5O2. The standard InChI is InChI=1S/C22H18FN5O2/c1-26(17-4-6-18(29)7-5-17)22(30)19-11-24-20-8-9-21(25-28(19)20)27-12-14-2-3-16(23)10-15(14)13-27/h2-11,29H,12-13H2,1H3. The lowest BCUT2D eigenvalue weighted by molar-refractivity contribution is 0.0986. The van der Waals surface area contributed by atoms with Crippen LogP contribution in [0.4, 0.5) is 15.9 Å². The van der Waals surface area contributed by atoms with E-state index in [0.717, 1.165) is 11.1 Å². The number of aromatic hydroxyl groups is 1. The number of carbonyl (C=O) groups is 1. The molecule has 150 valence electrons. The van der Waals surface area contributed by atoms with E-state index in [1.165, 1.54) is 33.8 Å². The minimum absolute atomic E-state index is 0.132. The Hall–Kier alpha value is -3.94. The largest absolute Gasteiger partial charge is 0.508 e. The first-order valence-electron chi connectivity index (χ1n) is 9.44. The summed E-state index contributed by atoms with van der Waals surface area (Å²) < 4.78 is 15.1. The summed E-state index contributed by atoms with van der Waals surface area (Å²) >= 11 is 0. The number of nitrogens with zero attached hydrogens (tertiary/aromatic N) is 5. The highest BCUT2D eigenvalue weighted by Gasteiger charge is 2.23. The Balaban J connectivity index is 1.46. The Bertz CT molecular complexity index is 1270. The number of imidazole rings is 1. The number of halogens is 1. The second-order valence-electron chi connectivity index (χ2n) is 7.25. The van der Waals surface area contributed by atoms with Crippen LogP contribution in [0, 0.1) is 5.82 Å². The highest BCUT2D eigenvalue weighted by atomic mass is 19.1. The number of phenolic OH excluding ortho intramolecular Hbond substituents is 1. The molecule has 2 aromatic carbocycles. The van der Waals surface area contributed by atoms with Gasteiger partial charge in [-0.25, -0.2) is 13.9 Å². The van der Waals surface area contributed by atoms with Crippen LogP contribution in [0.2, 0.25) is 0 Å². The molecule has 0 saturated carbocycles. The van der Waals surface area contributed by atoms with E-state index in [2.05, 4.69) is 10.1 Å². The van der Waals surface area contributed by atoms with Crippen LogP contribution >= 0.6 is 0 Å². The SMILES string of the molecule is CN(C(=O)c1cnc2ccc(N3Cc4ccc(F)cc4C3)nn12)c1ccc(O)cc1. The van der Waals surface area contributed by atoms with Gasteiger partial charge in [0.25, 0.3) is 5.91 Å². The van der Waals surface area contributed by atoms with Gasteiger partial charge in [-0.1, -0.05) is 6.07 Å². The average molecular weight is 403 g/mol. The predicted octanol–water partition coefficient (Wildman–Crippen LogP) is 3.37. The van der Waals surface area contributed by atoms with Crippen LogP contribution in [0.15, 0.2) is 60.8 Å². The summed E-state index contributed by atoms with van der Waals surface area (Å²) in [5, 5.41) is 14.1. The van der Waals surface area contributed by atoms with Crippen molar-refractivity contribution >= 4 is 23.1 Å². The number of aromatic nitrogens is 3. The van der Waals surface area contributed by atoms with Crippen molar-refractivity contribution in [2.45, 2.75) is 13.1 Å². The van der Waals surface area contributed by atoms with Gasteiger partial charge in [0.2, 0.25) is 0 Å². The maximum Gasteiger partial charge on any atom is 0.278 e. The summed E-state index contributed by atoms with van der Waals surface area (Å²) in [4.78, 5) is 20.9. The van der Waals surface area contributed by atoms with Gasteiger partial charge in [-0.3, -0.25) is 4.79 Å². The molecule has 1 amide bonds. The molecule has 0 aliphatic carbocycles. The number of phenols is 1. The molecule has 1 aliphatic rings. The second-order valence-corrected chi connectivity index (χ2v) is 7.25. The second kappa shape index (κ2) is 6.84. The van der Waals surface area contributed by atoms with Gasteiger partial charge in [0, 0.05) is 25.8 Å². The maximum atomic E-state index is 13.5. The van der Waals surface area contributed by atoms with Gasteiger partial charge < -0.3 is 14.9 Å². The van der Waals surface area contributed by atoms with Gasteiger partial charge in [-0.15, -0.1) is 5.10 Å². The van der Waals surface area contributed by atoms with Crippen LogP contribution in [-0.2, 0) is 13.1 Å². The Kier molecular flexibility index (Phi) is 4.13. The fraction of sp³-hybridized carbons (Fsp3) is 0.136. The quantitative estimate of drug-likeness (QED) is 0.568. The molecule has 3 heterocycles. The number of hydrogen-bond acceptors (Lipinski definition) is 5. The molecule has 1 aliphatic heterocycles. The molecular weight excluding hydrogens is 385 g/mol. The van der Waals surface area contributed by atoms with Crippen molar-refractivity contribution in [1.82, 2.24) is 14.6 Å². The lowest BCUT2D eigenvalue weighted by atomic mass is 10.1. The van der Waals surface area contributed by atoms with Crippen molar-refractivity contribution in [2.24, 2.45) is 0 Å². The van der Waals surface area contributed by atoms with E-state index in [1.54, 1.807) is 31.3 Å². The molecule has 0 radical (unpaired) electrons. The highest BCUT2D eigenvalue weighted by molar-refractivity contribution is 6.04. The Morgan fingerprint density at radius 3 is 2.63 bits per heavy atom. The number of anilines is 2. The van der Waals surface area contributed by atoms with Crippen molar-refractivity contribution in [3.8, 4) is 5.75 Å². The summed E-state index contributed by atoms with van der Waals surface area (Å²) in [5.74, 6) is 0.286. The fourth-order valence-corrected chi connectivity index (χ4v) is 3.67. The van der Waals surface area contributed by atoms with Gasteiger partial charge in [-0.2, -0.15) is 0 Å². The fourth-order valence-electron chi connectivity index (χ4n) is 3.67. The lowest BCUT2D eigenvalue weighted by Crippen LogP contribution is -2.28. The smallest absolute Gasteiger partial charge is 0.278 e. The number of carbonyl (C=O) groups excluding carboxylic acids is 1. The first kappa shape index (κ1) is 18.1.